The third kappa shape index (κ3) is 1.13. The fourth-order valence-corrected chi connectivity index (χ4v) is 1.38. The molecule has 0 fully saturated rings. The summed E-state index contributed by atoms with van der Waals surface area (Å²) in [5.41, 5.74) is 0. The summed E-state index contributed by atoms with van der Waals surface area (Å²) in [6.45, 7) is 2.19. The van der Waals surface area contributed by atoms with E-state index in [1.807, 2.05) is 11.9 Å². The quantitative estimate of drug-likeness (QED) is 0.440. The van der Waals surface area contributed by atoms with Crippen molar-refractivity contribution in [2.75, 3.05) is 7.05 Å². The summed E-state index contributed by atoms with van der Waals surface area (Å²) in [5.74, 6) is 0. The largest absolute Gasteiger partial charge is 0.326 e. The predicted octanol–water partition coefficient (Wildman–Crippen LogP) is 1.48. The van der Waals surface area contributed by atoms with Crippen molar-refractivity contribution < 1.29 is 0 Å². The van der Waals surface area contributed by atoms with E-state index in [0.717, 1.165) is 0 Å². The summed E-state index contributed by atoms with van der Waals surface area (Å²) in [5, 5.41) is 0.685. The highest BCUT2D eigenvalue weighted by Crippen LogP contribution is 2.21. The third-order valence-corrected chi connectivity index (χ3v) is 1.84. The van der Waals surface area contributed by atoms with E-state index >= 15 is 0 Å². The molecule has 0 bridgehead atoms. The van der Waals surface area contributed by atoms with Gasteiger partial charge in [-0.2, -0.15) is 0 Å². The Hall–Kier alpha value is -0.110. The molecule has 0 aromatic rings. The van der Waals surface area contributed by atoms with Gasteiger partial charge in [-0.3, -0.25) is 0 Å². The van der Waals surface area contributed by atoms with Crippen molar-refractivity contribution in [2.24, 2.45) is 0 Å². The van der Waals surface area contributed by atoms with E-state index in [4.69, 9.17) is 0 Å². The maximum atomic E-state index is 2.19. The van der Waals surface area contributed by atoms with Crippen molar-refractivity contribution in [1.82, 2.24) is 4.31 Å². The van der Waals surface area contributed by atoms with Gasteiger partial charge in [-0.15, -0.1) is 0 Å². The van der Waals surface area contributed by atoms with Crippen molar-refractivity contribution in [2.45, 2.75) is 12.2 Å². The Morgan fingerprint density at radius 3 is 2.57 bits per heavy atom. The van der Waals surface area contributed by atoms with Crippen LogP contribution >= 0.6 is 11.9 Å². The second kappa shape index (κ2) is 1.78. The summed E-state index contributed by atoms with van der Waals surface area (Å²) in [6.07, 6.45) is 4.28. The minimum absolute atomic E-state index is 0.685. The topological polar surface area (TPSA) is 3.24 Å². The smallest absolute Gasteiger partial charge is 0.0416 e. The maximum absolute atomic E-state index is 2.19. The van der Waals surface area contributed by atoms with Gasteiger partial charge in [0.05, 0.1) is 0 Å². The number of nitrogens with zero attached hydrogens (tertiary/aromatic N) is 1. The highest BCUT2D eigenvalue weighted by Gasteiger charge is 2.05. The first kappa shape index (κ1) is 5.04. The predicted molar refractivity (Wildman–Crippen MR) is 34.0 cm³/mol. The molecule has 1 rings (SSSR count). The van der Waals surface area contributed by atoms with Gasteiger partial charge in [-0.1, -0.05) is 6.08 Å². The molecule has 7 heavy (non-hydrogen) atoms. The van der Waals surface area contributed by atoms with E-state index in [1.165, 1.54) is 0 Å². The van der Waals surface area contributed by atoms with E-state index in [2.05, 4.69) is 30.6 Å². The summed E-state index contributed by atoms with van der Waals surface area (Å²) < 4.78 is 2.12. The molecule has 0 aromatic heterocycles. The molecule has 0 radical (unpaired) electrons. The Balaban J connectivity index is 2.42. The lowest BCUT2D eigenvalue weighted by Gasteiger charge is -2.04. The van der Waals surface area contributed by atoms with Gasteiger partial charge in [-0.25, -0.2) is 0 Å². The van der Waals surface area contributed by atoms with Crippen LogP contribution in [0.4, 0.5) is 0 Å². The molecule has 0 aliphatic carbocycles. The molecule has 0 aromatic carbocycles. The van der Waals surface area contributed by atoms with Crippen LogP contribution in [0.25, 0.3) is 0 Å². The molecule has 0 amide bonds. The second-order valence-electron chi connectivity index (χ2n) is 1.70. The zero-order valence-electron chi connectivity index (χ0n) is 4.59. The van der Waals surface area contributed by atoms with E-state index in [0.29, 0.717) is 5.25 Å². The summed E-state index contributed by atoms with van der Waals surface area (Å²) in [6, 6.07) is 0. The summed E-state index contributed by atoms with van der Waals surface area (Å²) in [4.78, 5) is 0. The zero-order valence-corrected chi connectivity index (χ0v) is 5.40. The first-order valence-corrected chi connectivity index (χ1v) is 3.20. The van der Waals surface area contributed by atoms with Crippen LogP contribution in [-0.4, -0.2) is 16.6 Å². The van der Waals surface area contributed by atoms with Gasteiger partial charge in [0.15, 0.2) is 0 Å². The van der Waals surface area contributed by atoms with Crippen molar-refractivity contribution >= 4 is 11.9 Å². The normalized spacial score (nSPS) is 29.4. The fraction of sp³-hybridized carbons (Fsp3) is 0.600. The van der Waals surface area contributed by atoms with Gasteiger partial charge >= 0.3 is 0 Å². The number of hydrogen-bond donors (Lipinski definition) is 0. The number of hydrogen-bond acceptors (Lipinski definition) is 2. The molecular formula is C5H9NS. The minimum atomic E-state index is 0.685. The van der Waals surface area contributed by atoms with E-state index in [-0.39, 0.29) is 0 Å². The SMILES string of the molecule is CC1C=CN(C)S1. The highest BCUT2D eigenvalue weighted by atomic mass is 32.2. The van der Waals surface area contributed by atoms with Crippen molar-refractivity contribution in [3.8, 4) is 0 Å². The number of rotatable bonds is 0. The lowest BCUT2D eigenvalue weighted by atomic mass is 10.5. The third-order valence-electron chi connectivity index (χ3n) is 0.900. The van der Waals surface area contributed by atoms with E-state index in [9.17, 15) is 0 Å². The van der Waals surface area contributed by atoms with Crippen LogP contribution in [0.5, 0.6) is 0 Å². The highest BCUT2D eigenvalue weighted by molar-refractivity contribution is 7.98. The second-order valence-corrected chi connectivity index (χ2v) is 3.23. The Kier molecular flexibility index (Phi) is 1.28. The molecule has 0 spiro atoms. The average molecular weight is 115 g/mol. The van der Waals surface area contributed by atoms with Crippen LogP contribution < -0.4 is 0 Å². The van der Waals surface area contributed by atoms with Crippen molar-refractivity contribution in [1.29, 1.82) is 0 Å². The van der Waals surface area contributed by atoms with Gasteiger partial charge < -0.3 is 4.31 Å². The van der Waals surface area contributed by atoms with Crippen LogP contribution in [0.15, 0.2) is 12.3 Å². The van der Waals surface area contributed by atoms with Crippen LogP contribution in [-0.2, 0) is 0 Å². The van der Waals surface area contributed by atoms with Gasteiger partial charge in [0, 0.05) is 18.5 Å². The van der Waals surface area contributed by atoms with Gasteiger partial charge in [0.25, 0.3) is 0 Å². The van der Waals surface area contributed by atoms with Gasteiger partial charge in [0.2, 0.25) is 0 Å². The Labute approximate surface area is 48.5 Å². The van der Waals surface area contributed by atoms with Crippen LogP contribution in [0.2, 0.25) is 0 Å². The molecule has 1 aliphatic heterocycles. The fourth-order valence-electron chi connectivity index (χ4n) is 0.575. The Morgan fingerprint density at radius 1 is 1.71 bits per heavy atom. The molecule has 1 aliphatic rings. The van der Waals surface area contributed by atoms with Gasteiger partial charge in [0.1, 0.15) is 0 Å². The molecular weight excluding hydrogens is 106 g/mol. The van der Waals surface area contributed by atoms with E-state index in [1.54, 1.807) is 0 Å². The van der Waals surface area contributed by atoms with Crippen LogP contribution in [0, 0.1) is 0 Å². The molecule has 1 heterocycles. The molecule has 2 heteroatoms. The minimum Gasteiger partial charge on any atom is -0.326 e. The van der Waals surface area contributed by atoms with Gasteiger partial charge in [-0.05, 0) is 18.9 Å². The molecule has 1 atom stereocenters. The summed E-state index contributed by atoms with van der Waals surface area (Å²) in [7, 11) is 2.06. The van der Waals surface area contributed by atoms with Crippen LogP contribution in [0.3, 0.4) is 0 Å². The molecule has 1 nitrogen and oxygen atoms in total. The standard InChI is InChI=1S/C5H9NS/c1-5-3-4-6(2)7-5/h3-5H,1-2H3. The lowest BCUT2D eigenvalue weighted by molar-refractivity contribution is 0.788. The first-order valence-electron chi connectivity index (χ1n) is 2.37. The van der Waals surface area contributed by atoms with Crippen molar-refractivity contribution in [3.63, 3.8) is 0 Å². The molecule has 40 valence electrons. The Bertz CT molecular complexity index is 80.1. The monoisotopic (exact) mass is 115 g/mol. The lowest BCUT2D eigenvalue weighted by Crippen LogP contribution is -1.94. The molecule has 0 N–H and O–H groups in total. The average Bonchev–Trinajstić information content (AvgIpc) is 1.87. The summed E-state index contributed by atoms with van der Waals surface area (Å²) >= 11 is 1.84. The molecule has 0 saturated carbocycles. The molecule has 1 unspecified atom stereocenters. The zero-order chi connectivity index (χ0) is 5.28. The molecule has 0 saturated heterocycles. The Morgan fingerprint density at radius 2 is 2.43 bits per heavy atom. The van der Waals surface area contributed by atoms with Crippen LogP contribution in [0.1, 0.15) is 6.92 Å². The maximum Gasteiger partial charge on any atom is 0.0416 e. The first-order chi connectivity index (χ1) is 3.29. The van der Waals surface area contributed by atoms with E-state index < -0.39 is 0 Å². The van der Waals surface area contributed by atoms with Crippen molar-refractivity contribution in [3.05, 3.63) is 12.3 Å².